The van der Waals surface area contributed by atoms with Gasteiger partial charge in [-0.1, -0.05) is 24.3 Å². The average Bonchev–Trinajstić information content (AvgIpc) is 2.93. The number of aliphatic hydroxyl groups is 1. The van der Waals surface area contributed by atoms with Crippen LogP contribution in [0.1, 0.15) is 15.9 Å². The molecule has 1 heterocycles. The predicted molar refractivity (Wildman–Crippen MR) is 80.1 cm³/mol. The summed E-state index contributed by atoms with van der Waals surface area (Å²) in [5.41, 5.74) is 1.73. The maximum absolute atomic E-state index is 12.7. The molecule has 0 saturated carbocycles. The molecule has 0 aliphatic heterocycles. The molecule has 0 fully saturated rings. The van der Waals surface area contributed by atoms with Crippen LogP contribution in [0.3, 0.4) is 0 Å². The lowest BCUT2D eigenvalue weighted by Crippen LogP contribution is -2.14. The second-order valence-corrected chi connectivity index (χ2v) is 4.84. The molecule has 0 aliphatic rings. The van der Waals surface area contributed by atoms with Gasteiger partial charge in [-0.25, -0.2) is 0 Å². The van der Waals surface area contributed by atoms with Crippen molar-refractivity contribution in [3.63, 3.8) is 0 Å². The zero-order chi connectivity index (χ0) is 15.7. The van der Waals surface area contributed by atoms with Gasteiger partial charge in [-0.15, -0.1) is 5.23 Å². The zero-order valence-corrected chi connectivity index (χ0v) is 11.5. The molecule has 112 valence electrons. The molecule has 0 spiro atoms. The minimum absolute atomic E-state index is 0.0380. The number of aromatic nitrogens is 1. The van der Waals surface area contributed by atoms with Crippen molar-refractivity contribution in [1.82, 2.24) is 4.57 Å². The Kier molecular flexibility index (Phi) is 3.64. The Labute approximate surface area is 126 Å². The highest BCUT2D eigenvalue weighted by Crippen LogP contribution is 2.23. The third kappa shape index (κ3) is 2.35. The number of anilines is 1. The van der Waals surface area contributed by atoms with Gasteiger partial charge < -0.3 is 5.11 Å². The number of rotatable bonds is 3. The Morgan fingerprint density at radius 3 is 2.59 bits per heavy atom. The fourth-order valence-electron chi connectivity index (χ4n) is 2.45. The van der Waals surface area contributed by atoms with Crippen molar-refractivity contribution < 1.29 is 20.3 Å². The van der Waals surface area contributed by atoms with E-state index in [0.717, 1.165) is 5.39 Å². The standard InChI is InChI=1S/C16H14N2O4/c19-10-12-9-17(15-7-2-1-6-14(12)15)16(20)11-4-3-5-13(8-11)18(21)22/h1-9,19,21-22H,10H2. The van der Waals surface area contributed by atoms with Crippen LogP contribution < -0.4 is 5.23 Å². The molecule has 0 unspecified atom stereocenters. The molecule has 0 aliphatic carbocycles. The first kappa shape index (κ1) is 14.3. The second-order valence-electron chi connectivity index (χ2n) is 4.84. The van der Waals surface area contributed by atoms with E-state index in [1.54, 1.807) is 24.4 Å². The molecule has 0 radical (unpaired) electrons. The molecular weight excluding hydrogens is 284 g/mol. The molecule has 3 N–H and O–H groups in total. The lowest BCUT2D eigenvalue weighted by Gasteiger charge is -2.09. The monoisotopic (exact) mass is 298 g/mol. The third-order valence-corrected chi connectivity index (χ3v) is 3.51. The Hall–Kier alpha value is -2.67. The van der Waals surface area contributed by atoms with Crippen molar-refractivity contribution in [2.75, 3.05) is 5.23 Å². The van der Waals surface area contributed by atoms with Gasteiger partial charge in [0.25, 0.3) is 5.91 Å². The van der Waals surface area contributed by atoms with Crippen molar-refractivity contribution in [2.24, 2.45) is 0 Å². The average molecular weight is 298 g/mol. The molecule has 3 rings (SSSR count). The van der Waals surface area contributed by atoms with E-state index in [0.29, 0.717) is 16.6 Å². The molecule has 1 aromatic heterocycles. The lowest BCUT2D eigenvalue weighted by atomic mass is 10.2. The van der Waals surface area contributed by atoms with Crippen molar-refractivity contribution in [3.05, 3.63) is 65.9 Å². The van der Waals surface area contributed by atoms with E-state index in [1.807, 2.05) is 18.2 Å². The molecule has 3 aromatic rings. The Bertz CT molecular complexity index is 839. The van der Waals surface area contributed by atoms with Crippen LogP contribution in [0.5, 0.6) is 0 Å². The number of para-hydroxylation sites is 1. The van der Waals surface area contributed by atoms with E-state index >= 15 is 0 Å². The minimum atomic E-state index is -0.320. The predicted octanol–water partition coefficient (Wildman–Crippen LogP) is 2.41. The molecule has 0 amide bonds. The molecule has 2 aromatic carbocycles. The van der Waals surface area contributed by atoms with Crippen molar-refractivity contribution >= 4 is 22.5 Å². The highest BCUT2D eigenvalue weighted by Gasteiger charge is 2.15. The van der Waals surface area contributed by atoms with E-state index < -0.39 is 0 Å². The van der Waals surface area contributed by atoms with Crippen LogP contribution in [-0.2, 0) is 6.61 Å². The SMILES string of the molecule is O=C(c1cccc(N(O)O)c1)n1cc(CO)c2ccccc21. The summed E-state index contributed by atoms with van der Waals surface area (Å²) in [6.07, 6.45) is 1.59. The van der Waals surface area contributed by atoms with Crippen LogP contribution in [-0.4, -0.2) is 26.0 Å². The van der Waals surface area contributed by atoms with Gasteiger partial charge in [0.05, 0.1) is 17.8 Å². The van der Waals surface area contributed by atoms with Gasteiger partial charge >= 0.3 is 0 Å². The highest BCUT2D eigenvalue weighted by atomic mass is 16.8. The largest absolute Gasteiger partial charge is 0.392 e. The van der Waals surface area contributed by atoms with Crippen LogP contribution in [0.15, 0.2) is 54.7 Å². The van der Waals surface area contributed by atoms with Gasteiger partial charge in [-0.3, -0.25) is 19.8 Å². The summed E-state index contributed by atoms with van der Waals surface area (Å²) < 4.78 is 1.44. The number of benzene rings is 2. The van der Waals surface area contributed by atoms with Crippen LogP contribution in [0.4, 0.5) is 5.69 Å². The summed E-state index contributed by atoms with van der Waals surface area (Å²) in [5, 5.41) is 28.3. The Balaban J connectivity index is 2.11. The van der Waals surface area contributed by atoms with Crippen LogP contribution in [0.2, 0.25) is 0 Å². The zero-order valence-electron chi connectivity index (χ0n) is 11.5. The molecule has 6 heteroatoms. The smallest absolute Gasteiger partial charge is 0.262 e. The van der Waals surface area contributed by atoms with Gasteiger partial charge in [-0.2, -0.15) is 0 Å². The maximum Gasteiger partial charge on any atom is 0.262 e. The van der Waals surface area contributed by atoms with Crippen LogP contribution >= 0.6 is 0 Å². The van der Waals surface area contributed by atoms with Crippen LogP contribution in [0.25, 0.3) is 10.9 Å². The first-order valence-corrected chi connectivity index (χ1v) is 6.64. The van der Waals surface area contributed by atoms with Gasteiger partial charge in [0, 0.05) is 22.7 Å². The summed E-state index contributed by atoms with van der Waals surface area (Å²) >= 11 is 0. The molecule has 22 heavy (non-hydrogen) atoms. The van der Waals surface area contributed by atoms with Gasteiger partial charge in [-0.05, 0) is 24.3 Å². The van der Waals surface area contributed by atoms with E-state index in [2.05, 4.69) is 0 Å². The highest BCUT2D eigenvalue weighted by molar-refractivity contribution is 6.03. The van der Waals surface area contributed by atoms with Crippen molar-refractivity contribution in [2.45, 2.75) is 6.61 Å². The molecule has 0 atom stereocenters. The summed E-state index contributed by atoms with van der Waals surface area (Å²) in [4.78, 5) is 12.7. The van der Waals surface area contributed by atoms with Crippen molar-refractivity contribution in [3.8, 4) is 0 Å². The fourth-order valence-corrected chi connectivity index (χ4v) is 2.45. The molecule has 0 bridgehead atoms. The number of aliphatic hydroxyl groups excluding tert-OH is 1. The van der Waals surface area contributed by atoms with E-state index in [-0.39, 0.29) is 23.4 Å². The van der Waals surface area contributed by atoms with E-state index in [4.69, 9.17) is 10.4 Å². The summed E-state index contributed by atoms with van der Waals surface area (Å²) in [6, 6.07) is 13.3. The third-order valence-electron chi connectivity index (χ3n) is 3.51. The second kappa shape index (κ2) is 5.61. The Morgan fingerprint density at radius 1 is 1.09 bits per heavy atom. The normalized spacial score (nSPS) is 10.9. The van der Waals surface area contributed by atoms with Gasteiger partial charge in [0.2, 0.25) is 0 Å². The molecule has 0 saturated heterocycles. The maximum atomic E-state index is 12.7. The molecular formula is C16H14N2O4. The number of carbonyl (C=O) groups is 1. The number of carbonyl (C=O) groups excluding carboxylic acids is 1. The number of nitrogens with zero attached hydrogens (tertiary/aromatic N) is 2. The fraction of sp³-hybridized carbons (Fsp3) is 0.0625. The summed E-state index contributed by atoms with van der Waals surface area (Å²) in [7, 11) is 0. The summed E-state index contributed by atoms with van der Waals surface area (Å²) in [6.45, 7) is -0.165. The van der Waals surface area contributed by atoms with Crippen LogP contribution in [0, 0.1) is 0 Å². The first-order valence-electron chi connectivity index (χ1n) is 6.64. The first-order chi connectivity index (χ1) is 10.6. The summed E-state index contributed by atoms with van der Waals surface area (Å²) in [5.74, 6) is -0.320. The Morgan fingerprint density at radius 2 is 1.86 bits per heavy atom. The number of hydrogen-bond acceptors (Lipinski definition) is 5. The van der Waals surface area contributed by atoms with Crippen molar-refractivity contribution in [1.29, 1.82) is 0 Å². The lowest BCUT2D eigenvalue weighted by molar-refractivity contribution is 0.0291. The van der Waals surface area contributed by atoms with E-state index in [9.17, 15) is 9.90 Å². The minimum Gasteiger partial charge on any atom is -0.392 e. The van der Waals surface area contributed by atoms with E-state index in [1.165, 1.54) is 16.7 Å². The van der Waals surface area contributed by atoms with Gasteiger partial charge in [0.15, 0.2) is 0 Å². The molecule has 6 nitrogen and oxygen atoms in total. The number of hydrogen-bond donors (Lipinski definition) is 3. The number of fused-ring (bicyclic) bond motifs is 1. The van der Waals surface area contributed by atoms with Gasteiger partial charge in [0.1, 0.15) is 0 Å². The quantitative estimate of drug-likeness (QED) is 0.646. The topological polar surface area (TPSA) is 85.9 Å².